The molecule has 1 heterocycles. The second kappa shape index (κ2) is 5.80. The number of nitrogens with zero attached hydrogens (tertiary/aromatic N) is 2. The summed E-state index contributed by atoms with van der Waals surface area (Å²) in [5.74, 6) is -1.32. The van der Waals surface area contributed by atoms with Gasteiger partial charge in [-0.1, -0.05) is 12.1 Å². The van der Waals surface area contributed by atoms with Gasteiger partial charge in [-0.3, -0.25) is 24.6 Å². The van der Waals surface area contributed by atoms with Crippen molar-refractivity contribution < 1.29 is 24.0 Å². The molecule has 2 amide bonds. The highest BCUT2D eigenvalue weighted by molar-refractivity contribution is 6.21. The van der Waals surface area contributed by atoms with Crippen molar-refractivity contribution in [3.63, 3.8) is 0 Å². The summed E-state index contributed by atoms with van der Waals surface area (Å²) in [5.41, 5.74) is 0.327. The lowest BCUT2D eigenvalue weighted by molar-refractivity contribution is -0.486. The first-order chi connectivity index (χ1) is 10.0. The molecule has 1 aliphatic rings. The van der Waals surface area contributed by atoms with Crippen LogP contribution in [0.5, 0.6) is 0 Å². The van der Waals surface area contributed by atoms with Crippen molar-refractivity contribution in [3.05, 3.63) is 45.5 Å². The summed E-state index contributed by atoms with van der Waals surface area (Å²) < 4.78 is 4.85. The Morgan fingerprint density at radius 1 is 1.29 bits per heavy atom. The minimum Gasteiger partial charge on any atom is -0.372 e. The van der Waals surface area contributed by atoms with Crippen molar-refractivity contribution >= 4 is 18.1 Å². The number of ether oxygens (including phenoxy) is 1. The van der Waals surface area contributed by atoms with Gasteiger partial charge in [0.25, 0.3) is 11.8 Å². The third kappa shape index (κ3) is 2.52. The first-order valence-corrected chi connectivity index (χ1v) is 6.08. The van der Waals surface area contributed by atoms with Gasteiger partial charge in [-0.2, -0.15) is 0 Å². The monoisotopic (exact) mass is 292 g/mol. The standard InChI is InChI=1S/C13H12N2O6/c1-21-11(7-16)10(6-14(19)20)15-12(17)8-4-2-3-5-9(8)13(15)18/h2-5,7,10-11H,6H2,1H3/t10-,11-/m1/s1. The fourth-order valence-electron chi connectivity index (χ4n) is 2.30. The van der Waals surface area contributed by atoms with Crippen molar-refractivity contribution in [1.82, 2.24) is 4.90 Å². The van der Waals surface area contributed by atoms with Crippen LogP contribution in [0.1, 0.15) is 20.7 Å². The van der Waals surface area contributed by atoms with Gasteiger partial charge < -0.3 is 9.53 Å². The molecule has 1 aromatic carbocycles. The van der Waals surface area contributed by atoms with Gasteiger partial charge in [-0.15, -0.1) is 0 Å². The molecule has 0 radical (unpaired) electrons. The molecular weight excluding hydrogens is 280 g/mol. The van der Waals surface area contributed by atoms with Crippen LogP contribution in [0.4, 0.5) is 0 Å². The number of rotatable bonds is 6. The van der Waals surface area contributed by atoms with E-state index < -0.39 is 35.4 Å². The van der Waals surface area contributed by atoms with E-state index in [-0.39, 0.29) is 11.1 Å². The van der Waals surface area contributed by atoms with Gasteiger partial charge in [0.1, 0.15) is 12.1 Å². The Bertz CT molecular complexity index is 579. The number of fused-ring (bicyclic) bond motifs is 1. The van der Waals surface area contributed by atoms with E-state index in [0.29, 0.717) is 6.29 Å². The molecule has 21 heavy (non-hydrogen) atoms. The van der Waals surface area contributed by atoms with Gasteiger partial charge in [0, 0.05) is 12.0 Å². The highest BCUT2D eigenvalue weighted by atomic mass is 16.6. The van der Waals surface area contributed by atoms with E-state index >= 15 is 0 Å². The lowest BCUT2D eigenvalue weighted by Gasteiger charge is -2.26. The van der Waals surface area contributed by atoms with E-state index in [1.165, 1.54) is 19.2 Å². The number of benzene rings is 1. The Labute approximate surface area is 119 Å². The number of amides is 2. The first-order valence-electron chi connectivity index (χ1n) is 6.08. The zero-order chi connectivity index (χ0) is 15.6. The first kappa shape index (κ1) is 14.8. The molecule has 0 N–H and O–H groups in total. The molecule has 0 aliphatic carbocycles. The molecule has 0 aromatic heterocycles. The summed E-state index contributed by atoms with van der Waals surface area (Å²) in [4.78, 5) is 46.4. The predicted octanol–water partition coefficient (Wildman–Crippen LogP) is 0.142. The average molecular weight is 292 g/mol. The summed E-state index contributed by atoms with van der Waals surface area (Å²) >= 11 is 0. The quantitative estimate of drug-likeness (QED) is 0.319. The van der Waals surface area contributed by atoms with Crippen LogP contribution >= 0.6 is 0 Å². The van der Waals surface area contributed by atoms with E-state index in [4.69, 9.17) is 4.74 Å². The summed E-state index contributed by atoms with van der Waals surface area (Å²) in [5, 5.41) is 10.8. The molecular formula is C13H12N2O6. The number of aldehydes is 1. The van der Waals surface area contributed by atoms with E-state index in [1.54, 1.807) is 12.1 Å². The number of carbonyl (C=O) groups excluding carboxylic acids is 3. The minimum absolute atomic E-state index is 0.164. The van der Waals surface area contributed by atoms with E-state index in [0.717, 1.165) is 4.90 Å². The van der Waals surface area contributed by atoms with Crippen LogP contribution < -0.4 is 0 Å². The Morgan fingerprint density at radius 2 is 1.81 bits per heavy atom. The highest BCUT2D eigenvalue weighted by Crippen LogP contribution is 2.26. The largest absolute Gasteiger partial charge is 0.372 e. The van der Waals surface area contributed by atoms with E-state index in [1.807, 2.05) is 0 Å². The van der Waals surface area contributed by atoms with Crippen molar-refractivity contribution in [2.24, 2.45) is 0 Å². The molecule has 1 aliphatic heterocycles. The van der Waals surface area contributed by atoms with Crippen LogP contribution in [0, 0.1) is 10.1 Å². The predicted molar refractivity (Wildman–Crippen MR) is 69.5 cm³/mol. The molecule has 2 atom stereocenters. The van der Waals surface area contributed by atoms with Crippen LogP contribution in [0.25, 0.3) is 0 Å². The molecule has 0 bridgehead atoms. The molecule has 0 unspecified atom stereocenters. The van der Waals surface area contributed by atoms with Gasteiger partial charge >= 0.3 is 0 Å². The topological polar surface area (TPSA) is 107 Å². The fourth-order valence-corrected chi connectivity index (χ4v) is 2.30. The fraction of sp³-hybridized carbons (Fsp3) is 0.308. The highest BCUT2D eigenvalue weighted by Gasteiger charge is 2.45. The van der Waals surface area contributed by atoms with Crippen LogP contribution in [0.3, 0.4) is 0 Å². The summed E-state index contributed by atoms with van der Waals surface area (Å²) in [7, 11) is 1.18. The number of carbonyl (C=O) groups is 3. The Hall–Kier alpha value is -2.61. The number of hydrogen-bond donors (Lipinski definition) is 0. The van der Waals surface area contributed by atoms with Crippen molar-refractivity contribution in [2.75, 3.05) is 13.7 Å². The SMILES string of the molecule is CO[C@H](C=O)[C@@H](C[N+](=O)[O-])N1C(=O)c2ccccc2C1=O. The van der Waals surface area contributed by atoms with Crippen LogP contribution in [-0.2, 0) is 9.53 Å². The van der Waals surface area contributed by atoms with Gasteiger partial charge in [-0.25, -0.2) is 0 Å². The normalized spacial score (nSPS) is 16.5. The third-order valence-corrected chi connectivity index (χ3v) is 3.28. The molecule has 0 spiro atoms. The van der Waals surface area contributed by atoms with Gasteiger partial charge in [0.15, 0.2) is 6.29 Å². The smallest absolute Gasteiger partial charge is 0.262 e. The number of methoxy groups -OCH3 is 1. The van der Waals surface area contributed by atoms with Crippen molar-refractivity contribution in [1.29, 1.82) is 0 Å². The zero-order valence-electron chi connectivity index (χ0n) is 11.1. The van der Waals surface area contributed by atoms with Crippen molar-refractivity contribution in [2.45, 2.75) is 12.1 Å². The second-order valence-corrected chi connectivity index (χ2v) is 4.44. The van der Waals surface area contributed by atoms with Gasteiger partial charge in [0.05, 0.1) is 11.1 Å². The molecule has 0 fully saturated rings. The third-order valence-electron chi connectivity index (χ3n) is 3.28. The Morgan fingerprint density at radius 3 is 2.19 bits per heavy atom. The maximum Gasteiger partial charge on any atom is 0.262 e. The maximum atomic E-state index is 12.3. The Kier molecular flexibility index (Phi) is 4.08. The lowest BCUT2D eigenvalue weighted by atomic mass is 10.1. The van der Waals surface area contributed by atoms with E-state index in [9.17, 15) is 24.5 Å². The van der Waals surface area contributed by atoms with Gasteiger partial charge in [-0.05, 0) is 12.1 Å². The minimum atomic E-state index is -1.28. The summed E-state index contributed by atoms with van der Waals surface area (Å²) in [6, 6.07) is 4.81. The number of nitro groups is 1. The molecule has 8 heteroatoms. The second-order valence-electron chi connectivity index (χ2n) is 4.44. The molecule has 0 saturated carbocycles. The van der Waals surface area contributed by atoms with Gasteiger partial charge in [0.2, 0.25) is 6.54 Å². The van der Waals surface area contributed by atoms with Crippen molar-refractivity contribution in [3.8, 4) is 0 Å². The average Bonchev–Trinajstić information content (AvgIpc) is 2.71. The van der Waals surface area contributed by atoms with Crippen LogP contribution in [0.2, 0.25) is 0 Å². The van der Waals surface area contributed by atoms with Crippen LogP contribution in [-0.4, -0.2) is 53.7 Å². The zero-order valence-corrected chi connectivity index (χ0v) is 11.1. The number of hydrogen-bond acceptors (Lipinski definition) is 6. The molecule has 1 aromatic rings. The molecule has 110 valence electrons. The molecule has 2 rings (SSSR count). The Balaban J connectivity index is 2.42. The molecule has 0 saturated heterocycles. The lowest BCUT2D eigenvalue weighted by Crippen LogP contribution is -2.51. The van der Waals surface area contributed by atoms with Crippen LogP contribution in [0.15, 0.2) is 24.3 Å². The summed E-state index contributed by atoms with van der Waals surface area (Å²) in [6.07, 6.45) is -0.907. The number of imide groups is 1. The van der Waals surface area contributed by atoms with E-state index in [2.05, 4.69) is 0 Å². The summed E-state index contributed by atoms with van der Waals surface area (Å²) in [6.45, 7) is -0.761. The molecule has 8 nitrogen and oxygen atoms in total. The maximum absolute atomic E-state index is 12.3.